The minimum atomic E-state index is -0.465. The van der Waals surface area contributed by atoms with Gasteiger partial charge >= 0.3 is 0 Å². The van der Waals surface area contributed by atoms with Crippen LogP contribution in [0.25, 0.3) is 6.08 Å². The van der Waals surface area contributed by atoms with Gasteiger partial charge in [0, 0.05) is 37.5 Å². The molecule has 3 aromatic carbocycles. The summed E-state index contributed by atoms with van der Waals surface area (Å²) in [5, 5.41) is 13.9. The summed E-state index contributed by atoms with van der Waals surface area (Å²) < 4.78 is 10.9. The van der Waals surface area contributed by atoms with Gasteiger partial charge in [-0.25, -0.2) is 0 Å². The maximum atomic E-state index is 12.3. The Kier molecular flexibility index (Phi) is 7.97. The predicted octanol–water partition coefficient (Wildman–Crippen LogP) is 4.86. The zero-order valence-corrected chi connectivity index (χ0v) is 20.4. The number of fused-ring (bicyclic) bond motifs is 1. The van der Waals surface area contributed by atoms with Gasteiger partial charge in [-0.05, 0) is 65.9 Å². The smallest absolute Gasteiger partial charge is 0.276 e. The van der Waals surface area contributed by atoms with Gasteiger partial charge in [0.25, 0.3) is 5.69 Å². The van der Waals surface area contributed by atoms with Gasteiger partial charge in [-0.15, -0.1) is 0 Å². The van der Waals surface area contributed by atoms with Crippen molar-refractivity contribution in [2.45, 2.75) is 19.4 Å². The Morgan fingerprint density at radius 1 is 1.06 bits per heavy atom. The number of hydrogen-bond donors (Lipinski definition) is 1. The second-order valence-electron chi connectivity index (χ2n) is 8.59. The van der Waals surface area contributed by atoms with Gasteiger partial charge < -0.3 is 14.8 Å². The lowest BCUT2D eigenvalue weighted by atomic mass is 9.98. The molecule has 0 atom stereocenters. The fraction of sp³-hybridized carbons (Fsp3) is 0.250. The van der Waals surface area contributed by atoms with Crippen LogP contribution in [0.3, 0.4) is 0 Å². The Labute approximate surface area is 210 Å². The fourth-order valence-electron chi connectivity index (χ4n) is 4.32. The van der Waals surface area contributed by atoms with Gasteiger partial charge in [0.15, 0.2) is 11.5 Å². The summed E-state index contributed by atoms with van der Waals surface area (Å²) in [6.07, 6.45) is 4.62. The summed E-state index contributed by atoms with van der Waals surface area (Å²) in [6.45, 7) is 2.79. The highest BCUT2D eigenvalue weighted by Crippen LogP contribution is 2.33. The molecule has 0 spiro atoms. The largest absolute Gasteiger partial charge is 0.493 e. The first-order valence-corrected chi connectivity index (χ1v) is 11.7. The van der Waals surface area contributed by atoms with E-state index in [9.17, 15) is 14.9 Å². The van der Waals surface area contributed by atoms with E-state index in [1.165, 1.54) is 34.9 Å². The van der Waals surface area contributed by atoms with Gasteiger partial charge in [-0.2, -0.15) is 0 Å². The van der Waals surface area contributed by atoms with E-state index in [2.05, 4.69) is 22.3 Å². The molecule has 8 heteroatoms. The van der Waals surface area contributed by atoms with Gasteiger partial charge in [-0.3, -0.25) is 19.8 Å². The van der Waals surface area contributed by atoms with Gasteiger partial charge in [-0.1, -0.05) is 24.3 Å². The molecule has 0 bridgehead atoms. The first kappa shape index (κ1) is 24.9. The lowest BCUT2D eigenvalue weighted by molar-refractivity contribution is -0.385. The van der Waals surface area contributed by atoms with Crippen LogP contribution >= 0.6 is 0 Å². The van der Waals surface area contributed by atoms with Gasteiger partial charge in [0.05, 0.1) is 24.7 Å². The number of hydrogen-bond acceptors (Lipinski definition) is 6. The molecule has 1 heterocycles. The van der Waals surface area contributed by atoms with E-state index in [0.29, 0.717) is 11.3 Å². The maximum Gasteiger partial charge on any atom is 0.276 e. The number of nitrogens with one attached hydrogen (secondary N) is 1. The SMILES string of the molecule is COc1cc2c(cc1OC)CN(CCc1ccc(NC(=O)/C=C/c3ccccc3[N+](=O)[O-])cc1)CC2. The molecule has 1 aliphatic rings. The lowest BCUT2D eigenvalue weighted by Gasteiger charge is -2.29. The standard InChI is InChI=1S/C28H29N3O5/c1-35-26-17-22-14-16-30(19-23(22)18-27(26)36-2)15-13-20-7-10-24(11-8-20)29-28(32)12-9-21-5-3-4-6-25(21)31(33)34/h3-12,17-18H,13-16,19H2,1-2H3,(H,29,32)/b12-9+. The quantitative estimate of drug-likeness (QED) is 0.263. The molecular weight excluding hydrogens is 458 g/mol. The van der Waals surface area contributed by atoms with Crippen LogP contribution in [0.2, 0.25) is 0 Å². The first-order valence-electron chi connectivity index (χ1n) is 11.7. The Bertz CT molecular complexity index is 1270. The molecule has 0 aromatic heterocycles. The molecule has 0 radical (unpaired) electrons. The van der Waals surface area contributed by atoms with Crippen molar-refractivity contribution in [3.63, 3.8) is 0 Å². The molecule has 8 nitrogen and oxygen atoms in total. The van der Waals surface area contributed by atoms with Crippen LogP contribution in [0.15, 0.2) is 66.7 Å². The topological polar surface area (TPSA) is 93.9 Å². The second-order valence-corrected chi connectivity index (χ2v) is 8.59. The van der Waals surface area contributed by atoms with Crippen LogP contribution in [0.5, 0.6) is 11.5 Å². The molecule has 36 heavy (non-hydrogen) atoms. The molecule has 0 unspecified atom stereocenters. The van der Waals surface area contributed by atoms with E-state index < -0.39 is 4.92 Å². The van der Waals surface area contributed by atoms with Crippen molar-refractivity contribution in [1.82, 2.24) is 4.90 Å². The molecule has 0 fully saturated rings. The van der Waals surface area contributed by atoms with Crippen molar-refractivity contribution in [1.29, 1.82) is 0 Å². The number of nitrogens with zero attached hydrogens (tertiary/aromatic N) is 2. The Hall–Kier alpha value is -4.17. The van der Waals surface area contributed by atoms with E-state index in [0.717, 1.165) is 44.0 Å². The second kappa shape index (κ2) is 11.5. The van der Waals surface area contributed by atoms with E-state index in [-0.39, 0.29) is 11.6 Å². The molecular formula is C28H29N3O5. The van der Waals surface area contributed by atoms with E-state index in [1.54, 1.807) is 32.4 Å². The molecule has 3 aromatic rings. The van der Waals surface area contributed by atoms with Crippen LogP contribution in [0, 0.1) is 10.1 Å². The Morgan fingerprint density at radius 3 is 2.44 bits per heavy atom. The highest BCUT2D eigenvalue weighted by atomic mass is 16.6. The monoisotopic (exact) mass is 487 g/mol. The van der Waals surface area contributed by atoms with Gasteiger partial charge in [0.1, 0.15) is 0 Å². The molecule has 0 saturated heterocycles. The lowest BCUT2D eigenvalue weighted by Crippen LogP contribution is -2.32. The summed E-state index contributed by atoms with van der Waals surface area (Å²) in [5.41, 5.74) is 4.77. The number of amides is 1. The van der Waals surface area contributed by atoms with Crippen molar-refractivity contribution in [2.24, 2.45) is 0 Å². The van der Waals surface area contributed by atoms with Crippen LogP contribution in [-0.4, -0.2) is 43.0 Å². The first-order chi connectivity index (χ1) is 17.5. The van der Waals surface area contributed by atoms with Gasteiger partial charge in [0.2, 0.25) is 5.91 Å². The maximum absolute atomic E-state index is 12.3. The minimum Gasteiger partial charge on any atom is -0.493 e. The number of benzene rings is 3. The number of ether oxygens (including phenoxy) is 2. The van der Waals surface area contributed by atoms with E-state index in [1.807, 2.05) is 24.3 Å². The molecule has 4 rings (SSSR count). The highest BCUT2D eigenvalue weighted by molar-refractivity contribution is 6.02. The molecule has 1 N–H and O–H groups in total. The molecule has 1 aliphatic heterocycles. The summed E-state index contributed by atoms with van der Waals surface area (Å²) >= 11 is 0. The number of carbonyl (C=O) groups excluding carboxylic acids is 1. The van der Waals surface area contributed by atoms with E-state index in [4.69, 9.17) is 9.47 Å². The van der Waals surface area contributed by atoms with Crippen molar-refractivity contribution in [3.05, 3.63) is 99.1 Å². The number of nitro groups is 1. The summed E-state index contributed by atoms with van der Waals surface area (Å²) in [7, 11) is 3.31. The highest BCUT2D eigenvalue weighted by Gasteiger charge is 2.19. The van der Waals surface area contributed by atoms with Crippen molar-refractivity contribution < 1.29 is 19.2 Å². The summed E-state index contributed by atoms with van der Waals surface area (Å²) in [5.74, 6) is 1.18. The summed E-state index contributed by atoms with van der Waals surface area (Å²) in [4.78, 5) is 25.3. The number of rotatable bonds is 9. The normalized spacial score (nSPS) is 13.3. The predicted molar refractivity (Wildman–Crippen MR) is 139 cm³/mol. The van der Waals surface area contributed by atoms with Crippen molar-refractivity contribution in [3.8, 4) is 11.5 Å². The molecule has 186 valence electrons. The third-order valence-electron chi connectivity index (χ3n) is 6.28. The van der Waals surface area contributed by atoms with E-state index >= 15 is 0 Å². The Morgan fingerprint density at radius 2 is 1.75 bits per heavy atom. The van der Waals surface area contributed by atoms with Crippen molar-refractivity contribution >= 4 is 23.4 Å². The van der Waals surface area contributed by atoms with Crippen LogP contribution in [-0.2, 0) is 24.2 Å². The average molecular weight is 488 g/mol. The average Bonchev–Trinajstić information content (AvgIpc) is 2.90. The van der Waals surface area contributed by atoms with Crippen molar-refractivity contribution in [2.75, 3.05) is 32.6 Å². The third kappa shape index (κ3) is 6.09. The molecule has 0 saturated carbocycles. The van der Waals surface area contributed by atoms with Crippen LogP contribution in [0.1, 0.15) is 22.3 Å². The number of nitro benzene ring substituents is 1. The number of para-hydroxylation sites is 1. The zero-order valence-electron chi connectivity index (χ0n) is 20.4. The molecule has 1 amide bonds. The number of methoxy groups -OCH3 is 2. The number of carbonyl (C=O) groups is 1. The molecule has 0 aliphatic carbocycles. The fourth-order valence-corrected chi connectivity index (χ4v) is 4.32. The Balaban J connectivity index is 1.30. The summed E-state index contributed by atoms with van der Waals surface area (Å²) in [6, 6.07) is 18.2. The van der Waals surface area contributed by atoms with Crippen LogP contribution < -0.4 is 14.8 Å². The number of anilines is 1. The van der Waals surface area contributed by atoms with Crippen LogP contribution in [0.4, 0.5) is 11.4 Å². The zero-order chi connectivity index (χ0) is 25.5. The third-order valence-corrected chi connectivity index (χ3v) is 6.28. The minimum absolute atomic E-state index is 0.0399.